The maximum Gasteiger partial charge on any atom is 0.231 e. The largest absolute Gasteiger partial charge is 0.309 e. The van der Waals surface area contributed by atoms with Gasteiger partial charge in [0.2, 0.25) is 5.91 Å². The predicted molar refractivity (Wildman–Crippen MR) is 117 cm³/mol. The van der Waals surface area contributed by atoms with E-state index in [4.69, 9.17) is 11.6 Å². The third kappa shape index (κ3) is 3.15. The van der Waals surface area contributed by atoms with Crippen LogP contribution in [0.1, 0.15) is 18.4 Å². The molecule has 164 valence electrons. The number of halogens is 3. The molecule has 3 aromatic heterocycles. The fourth-order valence-electron chi connectivity index (χ4n) is 4.22. The molecular formula is C22H19ClF2N6O. The molecule has 2 aliphatic rings. The number of likely N-dealkylation sites (tertiary alicyclic amines) is 1. The van der Waals surface area contributed by atoms with Crippen molar-refractivity contribution >= 4 is 39.9 Å². The molecule has 2 atom stereocenters. The quantitative estimate of drug-likeness (QED) is 0.472. The van der Waals surface area contributed by atoms with Crippen molar-refractivity contribution in [2.75, 3.05) is 18.4 Å². The lowest BCUT2D eigenvalue weighted by Gasteiger charge is -2.31. The van der Waals surface area contributed by atoms with Crippen LogP contribution in [0.4, 0.5) is 14.6 Å². The monoisotopic (exact) mass is 456 g/mol. The summed E-state index contributed by atoms with van der Waals surface area (Å²) in [6.07, 6.45) is 5.36. The summed E-state index contributed by atoms with van der Waals surface area (Å²) in [6.45, 7) is 2.36. The number of carbonyl (C=O) groups excluding carboxylic acids is 1. The molecule has 7 nitrogen and oxygen atoms in total. The second kappa shape index (κ2) is 7.25. The fraction of sp³-hybridized carbons (Fsp3) is 0.318. The molecule has 6 rings (SSSR count). The molecule has 2 fully saturated rings. The molecule has 1 aliphatic heterocycles. The molecule has 4 heterocycles. The first-order valence-electron chi connectivity index (χ1n) is 10.5. The van der Waals surface area contributed by atoms with Crippen LogP contribution in [0.25, 0.3) is 27.7 Å². The molecule has 1 aliphatic carbocycles. The smallest absolute Gasteiger partial charge is 0.231 e. The first kappa shape index (κ1) is 19.6. The van der Waals surface area contributed by atoms with Gasteiger partial charge in [-0.15, -0.1) is 0 Å². The van der Waals surface area contributed by atoms with E-state index in [9.17, 15) is 9.18 Å². The number of aromatic amines is 1. The van der Waals surface area contributed by atoms with Gasteiger partial charge < -0.3 is 9.72 Å². The number of amides is 1. The minimum atomic E-state index is -1.07. The summed E-state index contributed by atoms with van der Waals surface area (Å²) in [5.41, 5.74) is 2.97. The summed E-state index contributed by atoms with van der Waals surface area (Å²) in [5.74, 6) is -1.08. The van der Waals surface area contributed by atoms with Crippen LogP contribution < -0.4 is 5.32 Å². The van der Waals surface area contributed by atoms with Gasteiger partial charge in [-0.1, -0.05) is 11.6 Å². The van der Waals surface area contributed by atoms with E-state index in [-0.39, 0.29) is 17.4 Å². The van der Waals surface area contributed by atoms with Gasteiger partial charge in [0, 0.05) is 34.8 Å². The van der Waals surface area contributed by atoms with Crippen LogP contribution in [0.5, 0.6) is 0 Å². The van der Waals surface area contributed by atoms with Gasteiger partial charge in [0.25, 0.3) is 0 Å². The van der Waals surface area contributed by atoms with Gasteiger partial charge in [0.1, 0.15) is 17.6 Å². The van der Waals surface area contributed by atoms with Gasteiger partial charge in [-0.3, -0.25) is 14.8 Å². The Hall–Kier alpha value is -3.04. The average molecular weight is 457 g/mol. The molecule has 4 aromatic rings. The number of aromatic nitrogens is 4. The van der Waals surface area contributed by atoms with Crippen LogP contribution >= 0.6 is 11.6 Å². The number of carbonyl (C=O) groups is 1. The van der Waals surface area contributed by atoms with Gasteiger partial charge in [-0.2, -0.15) is 5.10 Å². The van der Waals surface area contributed by atoms with Crippen molar-refractivity contribution in [3.63, 3.8) is 0 Å². The van der Waals surface area contributed by atoms with Crippen LogP contribution in [-0.4, -0.2) is 49.7 Å². The first-order chi connectivity index (χ1) is 15.5. The topological polar surface area (TPSA) is 78.3 Å². The molecule has 0 bridgehead atoms. The second-order valence-electron chi connectivity index (χ2n) is 8.43. The van der Waals surface area contributed by atoms with E-state index in [0.29, 0.717) is 40.2 Å². The molecule has 0 radical (unpaired) electrons. The Morgan fingerprint density at radius 2 is 2.12 bits per heavy atom. The van der Waals surface area contributed by atoms with Crippen molar-refractivity contribution < 1.29 is 13.6 Å². The summed E-state index contributed by atoms with van der Waals surface area (Å²) >= 11 is 6.54. The maximum atomic E-state index is 15.3. The fourth-order valence-corrected chi connectivity index (χ4v) is 4.55. The lowest BCUT2D eigenvalue weighted by Crippen LogP contribution is -2.36. The van der Waals surface area contributed by atoms with Crippen LogP contribution in [0.3, 0.4) is 0 Å². The van der Waals surface area contributed by atoms with E-state index in [1.54, 1.807) is 35.1 Å². The van der Waals surface area contributed by atoms with Gasteiger partial charge in [0.05, 0.1) is 28.9 Å². The summed E-state index contributed by atoms with van der Waals surface area (Å²) in [4.78, 5) is 18.5. The number of fused-ring (bicyclic) bond motifs is 2. The number of H-pyrrole nitrogens is 1. The van der Waals surface area contributed by atoms with E-state index in [2.05, 4.69) is 25.4 Å². The van der Waals surface area contributed by atoms with Crippen molar-refractivity contribution in [3.05, 3.63) is 47.1 Å². The van der Waals surface area contributed by atoms with Crippen molar-refractivity contribution in [2.24, 2.45) is 5.92 Å². The Balaban J connectivity index is 1.39. The molecule has 0 spiro atoms. The van der Waals surface area contributed by atoms with Gasteiger partial charge in [-0.05, 0) is 38.1 Å². The zero-order chi connectivity index (χ0) is 22.0. The minimum absolute atomic E-state index is 0.0464. The zero-order valence-corrected chi connectivity index (χ0v) is 17.7. The molecule has 1 saturated carbocycles. The van der Waals surface area contributed by atoms with Crippen molar-refractivity contribution in [1.82, 2.24) is 24.5 Å². The molecule has 2 N–H and O–H groups in total. The number of alkyl halides is 1. The third-order valence-electron chi connectivity index (χ3n) is 6.26. The summed E-state index contributed by atoms with van der Waals surface area (Å²) in [6, 6.07) is 3.56. The molecule has 1 saturated heterocycles. The Morgan fingerprint density at radius 1 is 1.31 bits per heavy atom. The van der Waals surface area contributed by atoms with Gasteiger partial charge in [-0.25, -0.2) is 13.8 Å². The lowest BCUT2D eigenvalue weighted by atomic mass is 9.99. The highest BCUT2D eigenvalue weighted by atomic mass is 35.5. The summed E-state index contributed by atoms with van der Waals surface area (Å²) in [7, 11) is 0. The van der Waals surface area contributed by atoms with Crippen LogP contribution in [0.15, 0.2) is 30.7 Å². The minimum Gasteiger partial charge on any atom is -0.309 e. The molecule has 1 aromatic carbocycles. The Kier molecular flexibility index (Phi) is 4.44. The van der Waals surface area contributed by atoms with Gasteiger partial charge >= 0.3 is 0 Å². The lowest BCUT2D eigenvalue weighted by molar-refractivity contribution is -0.117. The zero-order valence-electron chi connectivity index (χ0n) is 16.9. The number of anilines is 1. The molecular weight excluding hydrogens is 438 g/mol. The highest BCUT2D eigenvalue weighted by molar-refractivity contribution is 6.35. The summed E-state index contributed by atoms with van der Waals surface area (Å²) in [5, 5.41) is 10.5. The van der Waals surface area contributed by atoms with Crippen molar-refractivity contribution in [1.29, 1.82) is 0 Å². The number of benzene rings is 1. The number of hydrogen-bond donors (Lipinski definition) is 2. The number of nitrogens with one attached hydrogen (secondary N) is 2. The number of nitrogens with zero attached hydrogens (tertiary/aromatic N) is 4. The Bertz CT molecular complexity index is 1380. The molecule has 10 heteroatoms. The van der Waals surface area contributed by atoms with E-state index in [1.807, 2.05) is 0 Å². The second-order valence-corrected chi connectivity index (χ2v) is 8.80. The molecule has 32 heavy (non-hydrogen) atoms. The van der Waals surface area contributed by atoms with E-state index < -0.39 is 17.9 Å². The highest BCUT2D eigenvalue weighted by Gasteiger charge is 2.43. The normalized spacial score (nSPS) is 20.6. The van der Waals surface area contributed by atoms with Gasteiger partial charge in [0.15, 0.2) is 5.82 Å². The van der Waals surface area contributed by atoms with Crippen LogP contribution in [-0.2, 0) is 11.3 Å². The standard InChI is InChI=1S/C22H19ClF2N6O/c23-19-18(13-7-26-29-21(13)14(20(19)25)9-30-4-1-5-30)11-2-3-17-27-16(10-31(17)8-11)28-22(32)12-6-15(12)24/h2-3,7-8,10,12,15H,1,4-6,9H2,(H,26,29)(H,28,32)/t12-,15+/m1/s1. The summed E-state index contributed by atoms with van der Waals surface area (Å²) < 4.78 is 30.2. The SMILES string of the molecule is O=C(Nc1cn2cc(-c3c(Cl)c(F)c(CN4CCC4)c4[nH]ncc34)ccc2n1)[C@@H]1C[C@@H]1F. The van der Waals surface area contributed by atoms with Crippen molar-refractivity contribution in [3.8, 4) is 11.1 Å². The first-order valence-corrected chi connectivity index (χ1v) is 10.9. The van der Waals surface area contributed by atoms with Crippen LogP contribution in [0, 0.1) is 11.7 Å². The maximum absolute atomic E-state index is 15.3. The number of imidazole rings is 1. The van der Waals surface area contributed by atoms with Crippen LogP contribution in [0.2, 0.25) is 5.02 Å². The average Bonchev–Trinajstić information content (AvgIpc) is 3.10. The Labute approximate surface area is 186 Å². The van der Waals surface area contributed by atoms with E-state index in [0.717, 1.165) is 24.9 Å². The number of hydrogen-bond acceptors (Lipinski definition) is 4. The van der Waals surface area contributed by atoms with Crippen molar-refractivity contribution in [2.45, 2.75) is 25.6 Å². The predicted octanol–water partition coefficient (Wildman–Crippen LogP) is 4.17. The molecule has 0 unspecified atom stereocenters. The third-order valence-corrected chi connectivity index (χ3v) is 6.61. The number of pyridine rings is 1. The molecule has 1 amide bonds. The van der Waals surface area contributed by atoms with E-state index >= 15 is 4.39 Å². The number of rotatable bonds is 5. The van der Waals surface area contributed by atoms with E-state index in [1.165, 1.54) is 0 Å². The highest BCUT2D eigenvalue weighted by Crippen LogP contribution is 2.40. The Morgan fingerprint density at radius 3 is 2.84 bits per heavy atom.